The zero-order valence-corrected chi connectivity index (χ0v) is 22.2. The summed E-state index contributed by atoms with van der Waals surface area (Å²) >= 11 is 4.03. The van der Waals surface area contributed by atoms with Gasteiger partial charge in [-0.3, -0.25) is 28.3 Å². The van der Waals surface area contributed by atoms with Gasteiger partial charge in [0.1, 0.15) is 29.1 Å². The van der Waals surface area contributed by atoms with Crippen LogP contribution >= 0.6 is 45.3 Å². The highest BCUT2D eigenvalue weighted by Crippen LogP contribution is 2.44. The molecular weight excluding hydrogens is 565 g/mol. The van der Waals surface area contributed by atoms with E-state index < -0.39 is 22.2 Å². The zero-order chi connectivity index (χ0) is 27.2. The molecule has 0 unspecified atom stereocenters. The van der Waals surface area contributed by atoms with Gasteiger partial charge in [-0.2, -0.15) is 20.2 Å². The van der Waals surface area contributed by atoms with Crippen LogP contribution < -0.4 is 29.9 Å². The van der Waals surface area contributed by atoms with E-state index in [1.807, 2.05) is 12.1 Å². The average Bonchev–Trinajstić information content (AvgIpc) is 3.53. The molecule has 0 aliphatic heterocycles. The summed E-state index contributed by atoms with van der Waals surface area (Å²) in [5.41, 5.74) is -2.76. The molecule has 0 aliphatic carbocycles. The summed E-state index contributed by atoms with van der Waals surface area (Å²) < 4.78 is 3.81. The number of aromatic nitrogens is 2. The Morgan fingerprint density at radius 1 is 0.632 bits per heavy atom. The number of fused-ring (bicyclic) bond motifs is 6. The molecule has 0 saturated heterocycles. The monoisotopic (exact) mass is 570 g/mol. The minimum Gasteiger partial charge on any atom is -0.277 e. The van der Waals surface area contributed by atoms with Gasteiger partial charge in [-0.25, -0.2) is 0 Å². The van der Waals surface area contributed by atoms with Crippen molar-refractivity contribution in [2.24, 2.45) is 14.1 Å². The molecule has 0 atom stereocenters. The van der Waals surface area contributed by atoms with Crippen LogP contribution in [0.4, 0.5) is 0 Å². The normalized spacial score (nSPS) is 11.2. The van der Waals surface area contributed by atoms with Crippen molar-refractivity contribution in [3.05, 3.63) is 71.9 Å². The average molecular weight is 571 g/mol. The van der Waals surface area contributed by atoms with E-state index in [1.165, 1.54) is 14.1 Å². The van der Waals surface area contributed by atoms with Gasteiger partial charge in [-0.1, -0.05) is 0 Å². The topological polar surface area (TPSA) is 134 Å². The van der Waals surface area contributed by atoms with Gasteiger partial charge >= 0.3 is 5.82 Å². The smallest absolute Gasteiger partial charge is 0.277 e. The second-order valence-electron chi connectivity index (χ2n) is 8.03. The Labute approximate surface area is 224 Å². The van der Waals surface area contributed by atoms with Crippen LogP contribution in [0.15, 0.2) is 19.2 Å². The first kappa shape index (κ1) is 23.7. The van der Waals surface area contributed by atoms with Crippen LogP contribution in [0.5, 0.6) is 0 Å². The first-order chi connectivity index (χ1) is 18.2. The number of hydrogen-bond donors (Lipinski definition) is 0. The molecule has 0 saturated carbocycles. The SMILES string of the molecule is [C-]#[N+]C([N+]#[C-])=c1sc2c(s1)c1c(=O)n(C)c(=O)c3c4sc(=C(C#N)C#N)sc4c4c(=O)n(C)c(=O)c2c4c31. The molecule has 4 aromatic heterocycles. The van der Waals surface area contributed by atoms with Crippen molar-refractivity contribution in [1.29, 1.82) is 10.5 Å². The predicted molar refractivity (Wildman–Crippen MR) is 150 cm³/mol. The van der Waals surface area contributed by atoms with Gasteiger partial charge < -0.3 is 0 Å². The third-order valence-electron chi connectivity index (χ3n) is 6.25. The fourth-order valence-corrected chi connectivity index (χ4v) is 9.83. The van der Waals surface area contributed by atoms with E-state index in [-0.39, 0.29) is 47.6 Å². The molecular formula is C24H6N6O4S4. The molecule has 0 amide bonds. The number of nitrogens with zero attached hydrogens (tertiary/aromatic N) is 6. The molecule has 0 bridgehead atoms. The van der Waals surface area contributed by atoms with E-state index in [4.69, 9.17) is 13.1 Å². The quantitative estimate of drug-likeness (QED) is 0.203. The molecule has 0 spiro atoms. The first-order valence-electron chi connectivity index (χ1n) is 10.3. The number of pyridine rings is 2. The molecule has 38 heavy (non-hydrogen) atoms. The Morgan fingerprint density at radius 2 is 0.947 bits per heavy atom. The summed E-state index contributed by atoms with van der Waals surface area (Å²) in [5, 5.41) is 19.6. The molecule has 0 fully saturated rings. The maximum absolute atomic E-state index is 13.6. The third-order valence-corrected chi connectivity index (χ3v) is 11.5. The van der Waals surface area contributed by atoms with Crippen molar-refractivity contribution >= 4 is 108 Å². The summed E-state index contributed by atoms with van der Waals surface area (Å²) in [7, 11) is 2.64. The van der Waals surface area contributed by atoms with Gasteiger partial charge in [0, 0.05) is 24.9 Å². The minimum atomic E-state index is -0.644. The lowest BCUT2D eigenvalue weighted by Gasteiger charge is -2.13. The molecule has 6 aromatic rings. The summed E-state index contributed by atoms with van der Waals surface area (Å²) in [6, 6.07) is 3.66. The van der Waals surface area contributed by atoms with Crippen LogP contribution in [0, 0.1) is 35.8 Å². The van der Waals surface area contributed by atoms with E-state index in [2.05, 4.69) is 9.69 Å². The number of benzene rings is 2. The zero-order valence-electron chi connectivity index (χ0n) is 18.9. The van der Waals surface area contributed by atoms with Gasteiger partial charge in [0.15, 0.2) is 9.42 Å². The highest BCUT2D eigenvalue weighted by atomic mass is 32.2. The van der Waals surface area contributed by atoms with E-state index in [9.17, 15) is 29.7 Å². The van der Waals surface area contributed by atoms with Crippen molar-refractivity contribution < 1.29 is 0 Å². The number of rotatable bonds is 0. The Balaban J connectivity index is 2.20. The lowest BCUT2D eigenvalue weighted by molar-refractivity contribution is 0.840. The van der Waals surface area contributed by atoms with Crippen LogP contribution in [-0.4, -0.2) is 9.13 Å². The molecule has 6 rings (SSSR count). The molecule has 0 N–H and O–H groups in total. The third kappa shape index (κ3) is 2.69. The summed E-state index contributed by atoms with van der Waals surface area (Å²) in [5.74, 6) is -0.218. The molecule has 10 nitrogen and oxygen atoms in total. The van der Waals surface area contributed by atoms with Crippen LogP contribution in [0.1, 0.15) is 0 Å². The maximum atomic E-state index is 13.6. The lowest BCUT2D eigenvalue weighted by Crippen LogP contribution is -2.33. The van der Waals surface area contributed by atoms with E-state index in [1.54, 1.807) is 0 Å². The van der Waals surface area contributed by atoms with Gasteiger partial charge in [0.25, 0.3) is 22.2 Å². The van der Waals surface area contributed by atoms with Crippen LogP contribution in [0.25, 0.3) is 72.2 Å². The van der Waals surface area contributed by atoms with Gasteiger partial charge in [0.2, 0.25) is 0 Å². The second-order valence-corrected chi connectivity index (χ2v) is 12.6. The highest BCUT2D eigenvalue weighted by Gasteiger charge is 2.29. The fraction of sp³-hybridized carbons (Fsp3) is 0.0833. The lowest BCUT2D eigenvalue weighted by atomic mass is 9.96. The minimum absolute atomic E-state index is 0.103. The van der Waals surface area contributed by atoms with Crippen LogP contribution in [0.3, 0.4) is 0 Å². The largest absolute Gasteiger partial charge is 0.546 e. The first-order valence-corrected chi connectivity index (χ1v) is 13.6. The second kappa shape index (κ2) is 7.90. The molecule has 0 aliphatic rings. The number of nitriles is 2. The molecule has 2 aromatic carbocycles. The summed E-state index contributed by atoms with van der Waals surface area (Å²) in [6.45, 7) is 14.7. The van der Waals surface area contributed by atoms with Crippen molar-refractivity contribution in [3.63, 3.8) is 0 Å². The van der Waals surface area contributed by atoms with Gasteiger partial charge in [0.05, 0.1) is 40.3 Å². The van der Waals surface area contributed by atoms with Gasteiger partial charge in [-0.15, -0.1) is 45.3 Å². The Morgan fingerprint density at radius 3 is 1.24 bits per heavy atom. The highest BCUT2D eigenvalue weighted by molar-refractivity contribution is 7.38. The maximum Gasteiger partial charge on any atom is 0.546 e. The van der Waals surface area contributed by atoms with Crippen molar-refractivity contribution in [2.75, 3.05) is 0 Å². The van der Waals surface area contributed by atoms with Crippen molar-refractivity contribution in [3.8, 4) is 12.1 Å². The molecule has 180 valence electrons. The van der Waals surface area contributed by atoms with Crippen LogP contribution in [0.2, 0.25) is 0 Å². The number of hydrogen-bond acceptors (Lipinski definition) is 10. The van der Waals surface area contributed by atoms with E-state index in [0.29, 0.717) is 22.6 Å². The van der Waals surface area contributed by atoms with Crippen LogP contribution in [-0.2, 0) is 14.1 Å². The molecule has 4 heterocycles. The summed E-state index contributed by atoms with van der Waals surface area (Å²) in [4.78, 5) is 60.8. The van der Waals surface area contributed by atoms with E-state index in [0.717, 1.165) is 54.5 Å². The van der Waals surface area contributed by atoms with Gasteiger partial charge in [-0.05, 0) is 0 Å². The summed E-state index contributed by atoms with van der Waals surface area (Å²) in [6.07, 6.45) is 0. The fourth-order valence-electron chi connectivity index (χ4n) is 4.56. The van der Waals surface area contributed by atoms with Crippen molar-refractivity contribution in [1.82, 2.24) is 9.13 Å². The standard InChI is InChI=1S/C24H6N6O4S4/c1-27-18(28-2)24-37-16-12-8-9-11(20(32)30(4)22(34)13(9)17(16)38-24)15-14(10(8)19(31)29(3)21(12)33)35-23(36-15)7(5-25)6-26/h3-4H3. The molecule has 0 radical (unpaired) electrons. The predicted octanol–water partition coefficient (Wildman–Crippen LogP) is 2.36. The Kier molecular flexibility index (Phi) is 4.92. The van der Waals surface area contributed by atoms with E-state index >= 15 is 0 Å². The Bertz CT molecular complexity index is 2320. The van der Waals surface area contributed by atoms with Crippen molar-refractivity contribution in [2.45, 2.75) is 0 Å². The Hall–Kier alpha value is -4.70. The molecule has 14 heteroatoms.